The molecule has 1 fully saturated rings. The molecule has 210 valence electrons. The molecular weight excluding hydrogens is 539 g/mol. The molecule has 2 aromatic heterocycles. The fraction of sp³-hybridized carbons (Fsp3) is 0.556. The van der Waals surface area contributed by atoms with E-state index >= 15 is 0 Å². The maximum absolute atomic E-state index is 12.5. The van der Waals surface area contributed by atoms with E-state index in [1.54, 1.807) is 0 Å². The first-order valence-electron chi connectivity index (χ1n) is 10.9. The summed E-state index contributed by atoms with van der Waals surface area (Å²) in [4.78, 5) is 75.1. The highest BCUT2D eigenvalue weighted by molar-refractivity contribution is 7.46. The molecule has 0 aromatic carbocycles. The summed E-state index contributed by atoms with van der Waals surface area (Å²) < 4.78 is 21.8. The fourth-order valence-electron chi connectivity index (χ4n) is 3.54. The van der Waals surface area contributed by atoms with Gasteiger partial charge in [0.05, 0.1) is 12.9 Å². The van der Waals surface area contributed by atoms with Crippen LogP contribution in [0.4, 0.5) is 5.95 Å². The number of ether oxygens (including phenoxy) is 1. The van der Waals surface area contributed by atoms with Gasteiger partial charge in [-0.2, -0.15) is 4.98 Å². The van der Waals surface area contributed by atoms with E-state index in [2.05, 4.69) is 30.1 Å². The van der Waals surface area contributed by atoms with Crippen molar-refractivity contribution in [1.82, 2.24) is 24.8 Å². The number of carbonyl (C=O) groups is 3. The molecule has 0 saturated carbocycles. The minimum absolute atomic E-state index is 0.165. The number of hydrogen-bond donors (Lipinski definition) is 9. The van der Waals surface area contributed by atoms with Crippen LogP contribution in [-0.4, -0.2) is 105 Å². The van der Waals surface area contributed by atoms with E-state index < -0.39 is 80.9 Å². The smallest absolute Gasteiger partial charge is 0.469 e. The standard InChI is InChI=1S/C18H25N6O13P/c1-6(14(29)21-7(17(31)32)2-3-9(25)26)20-18-22-13-10(15(30)23-18)19-5-24(13)16-12(28)11(27)8(37-16)4-36-38(33,34)35/h5-8,11-12,16,27-28H,2-4H2,1H3,(H,21,29)(H,25,26)(H,31,32)(H2,33,34,35)(H2,20,22,23,30)/t6-,7+,8-,11-,12-,16-/m1/s1. The lowest BCUT2D eigenvalue weighted by molar-refractivity contribution is -0.143. The van der Waals surface area contributed by atoms with Crippen LogP contribution in [0, 0.1) is 0 Å². The minimum atomic E-state index is -4.89. The zero-order valence-corrected chi connectivity index (χ0v) is 20.4. The molecule has 0 aliphatic carbocycles. The number of rotatable bonds is 12. The van der Waals surface area contributed by atoms with Crippen molar-refractivity contribution in [2.45, 2.75) is 56.4 Å². The molecule has 1 aliphatic rings. The van der Waals surface area contributed by atoms with Gasteiger partial charge in [-0.3, -0.25) is 28.5 Å². The summed E-state index contributed by atoms with van der Waals surface area (Å²) in [6.07, 6.45) is -5.81. The van der Waals surface area contributed by atoms with E-state index in [0.29, 0.717) is 0 Å². The average Bonchev–Trinajstić information content (AvgIpc) is 3.35. The van der Waals surface area contributed by atoms with E-state index in [9.17, 15) is 39.1 Å². The normalized spacial score (nSPS) is 23.2. The molecule has 0 unspecified atom stereocenters. The molecule has 0 bridgehead atoms. The Morgan fingerprint density at radius 2 is 1.95 bits per heavy atom. The zero-order chi connectivity index (χ0) is 28.4. The van der Waals surface area contributed by atoms with Crippen LogP contribution < -0.4 is 16.2 Å². The second-order valence-electron chi connectivity index (χ2n) is 8.27. The van der Waals surface area contributed by atoms with Crippen molar-refractivity contribution in [2.24, 2.45) is 0 Å². The average molecular weight is 564 g/mol. The van der Waals surface area contributed by atoms with Crippen LogP contribution in [-0.2, 0) is 28.2 Å². The number of aliphatic carboxylic acids is 2. The Morgan fingerprint density at radius 3 is 2.55 bits per heavy atom. The van der Waals surface area contributed by atoms with Gasteiger partial charge in [-0.25, -0.2) is 14.3 Å². The number of phosphoric ester groups is 1. The Bertz CT molecular complexity index is 1310. The van der Waals surface area contributed by atoms with Gasteiger partial charge in [0.2, 0.25) is 11.9 Å². The number of nitrogens with one attached hydrogen (secondary N) is 3. The number of H-pyrrole nitrogens is 1. The highest BCUT2D eigenvalue weighted by atomic mass is 31.2. The molecule has 1 amide bonds. The van der Waals surface area contributed by atoms with Gasteiger partial charge in [0.25, 0.3) is 5.56 Å². The van der Waals surface area contributed by atoms with Gasteiger partial charge in [-0.1, -0.05) is 0 Å². The van der Waals surface area contributed by atoms with Gasteiger partial charge < -0.3 is 45.6 Å². The molecule has 3 rings (SSSR count). The molecule has 20 heteroatoms. The van der Waals surface area contributed by atoms with Crippen molar-refractivity contribution in [3.05, 3.63) is 16.7 Å². The van der Waals surface area contributed by atoms with Gasteiger partial charge >= 0.3 is 19.8 Å². The number of nitrogens with zero attached hydrogens (tertiary/aromatic N) is 3. The van der Waals surface area contributed by atoms with Crippen LogP contribution >= 0.6 is 7.82 Å². The summed E-state index contributed by atoms with van der Waals surface area (Å²) in [5, 5.41) is 43.3. The third kappa shape index (κ3) is 6.90. The molecular formula is C18H25N6O13P. The minimum Gasteiger partial charge on any atom is -0.481 e. The molecule has 6 atom stereocenters. The van der Waals surface area contributed by atoms with Crippen molar-refractivity contribution in [3.8, 4) is 0 Å². The number of carbonyl (C=O) groups excluding carboxylic acids is 1. The number of carboxylic acids is 2. The van der Waals surface area contributed by atoms with Crippen LogP contribution in [0.25, 0.3) is 11.2 Å². The predicted molar refractivity (Wildman–Crippen MR) is 122 cm³/mol. The van der Waals surface area contributed by atoms with E-state index in [1.165, 1.54) is 6.92 Å². The molecule has 0 radical (unpaired) electrons. The lowest BCUT2D eigenvalue weighted by Gasteiger charge is -2.19. The number of amides is 1. The molecule has 1 aliphatic heterocycles. The predicted octanol–water partition coefficient (Wildman–Crippen LogP) is -2.92. The van der Waals surface area contributed by atoms with Crippen LogP contribution in [0.15, 0.2) is 11.1 Å². The largest absolute Gasteiger partial charge is 0.481 e. The van der Waals surface area contributed by atoms with Gasteiger partial charge in [-0.15, -0.1) is 0 Å². The summed E-state index contributed by atoms with van der Waals surface area (Å²) >= 11 is 0. The number of carboxylic acid groups (broad SMARTS) is 2. The fourth-order valence-corrected chi connectivity index (χ4v) is 3.88. The first-order valence-corrected chi connectivity index (χ1v) is 12.4. The van der Waals surface area contributed by atoms with E-state index in [4.69, 9.17) is 19.6 Å². The highest BCUT2D eigenvalue weighted by Gasteiger charge is 2.45. The second-order valence-corrected chi connectivity index (χ2v) is 9.51. The monoisotopic (exact) mass is 564 g/mol. The Morgan fingerprint density at radius 1 is 1.26 bits per heavy atom. The van der Waals surface area contributed by atoms with Gasteiger partial charge in [0, 0.05) is 6.42 Å². The van der Waals surface area contributed by atoms with Gasteiger partial charge in [-0.05, 0) is 13.3 Å². The Labute approximate surface area is 211 Å². The number of aromatic amines is 1. The van der Waals surface area contributed by atoms with Crippen molar-refractivity contribution in [2.75, 3.05) is 11.9 Å². The van der Waals surface area contributed by atoms with Crippen molar-refractivity contribution >= 4 is 42.8 Å². The second kappa shape index (κ2) is 11.5. The Hall–Kier alpha value is -3.45. The summed E-state index contributed by atoms with van der Waals surface area (Å²) in [6, 6.07) is -2.64. The number of aromatic nitrogens is 4. The van der Waals surface area contributed by atoms with Crippen LogP contribution in [0.2, 0.25) is 0 Å². The van der Waals surface area contributed by atoms with Crippen LogP contribution in [0.5, 0.6) is 0 Å². The number of fused-ring (bicyclic) bond motifs is 1. The summed E-state index contributed by atoms with van der Waals surface area (Å²) in [7, 11) is -4.89. The number of phosphoric acid groups is 1. The Balaban J connectivity index is 1.78. The topological polar surface area (TPSA) is 296 Å². The number of anilines is 1. The molecule has 1 saturated heterocycles. The van der Waals surface area contributed by atoms with E-state index in [-0.39, 0.29) is 23.5 Å². The molecule has 9 N–H and O–H groups in total. The number of hydrogen-bond acceptors (Lipinski definition) is 12. The lowest BCUT2D eigenvalue weighted by atomic mass is 10.1. The van der Waals surface area contributed by atoms with Crippen LogP contribution in [0.1, 0.15) is 26.0 Å². The molecule has 38 heavy (non-hydrogen) atoms. The molecule has 2 aromatic rings. The van der Waals surface area contributed by atoms with Gasteiger partial charge in [0.1, 0.15) is 30.4 Å². The summed E-state index contributed by atoms with van der Waals surface area (Å²) in [5.41, 5.74) is -1.16. The molecule has 0 spiro atoms. The quantitative estimate of drug-likeness (QED) is 0.117. The number of aliphatic hydroxyl groups excluding tert-OH is 2. The summed E-state index contributed by atoms with van der Waals surface area (Å²) in [5.74, 6) is -3.79. The van der Waals surface area contributed by atoms with Crippen LogP contribution in [0.3, 0.4) is 0 Å². The lowest BCUT2D eigenvalue weighted by Crippen LogP contribution is -2.47. The van der Waals surface area contributed by atoms with E-state index in [0.717, 1.165) is 10.9 Å². The van der Waals surface area contributed by atoms with Crippen molar-refractivity contribution in [3.63, 3.8) is 0 Å². The first kappa shape index (κ1) is 29.1. The van der Waals surface area contributed by atoms with Crippen molar-refractivity contribution in [1.29, 1.82) is 0 Å². The first-order chi connectivity index (χ1) is 17.7. The zero-order valence-electron chi connectivity index (χ0n) is 19.5. The maximum Gasteiger partial charge on any atom is 0.469 e. The highest BCUT2D eigenvalue weighted by Crippen LogP contribution is 2.38. The summed E-state index contributed by atoms with van der Waals surface area (Å²) in [6.45, 7) is 0.557. The molecule has 3 heterocycles. The van der Waals surface area contributed by atoms with E-state index in [1.807, 2.05) is 0 Å². The van der Waals surface area contributed by atoms with Gasteiger partial charge in [0.15, 0.2) is 17.4 Å². The third-order valence-corrected chi connectivity index (χ3v) is 5.94. The van der Waals surface area contributed by atoms with Crippen molar-refractivity contribution < 1.29 is 58.4 Å². The maximum atomic E-state index is 12.5. The SMILES string of the molecule is C[C@@H](Nc1nc2c(ncn2[C@@H]2O[C@H](COP(=O)(O)O)[C@@H](O)[C@H]2O)c(=O)[nH]1)C(=O)N[C@@H](CCC(=O)O)C(=O)O. The number of aliphatic hydroxyl groups is 2. The third-order valence-electron chi connectivity index (χ3n) is 5.46. The molecule has 19 nitrogen and oxygen atoms in total. The number of imidazole rings is 1. The Kier molecular flexibility index (Phi) is 8.82.